The van der Waals surface area contributed by atoms with Crippen LogP contribution in [0.25, 0.3) is 0 Å². The quantitative estimate of drug-likeness (QED) is 0.425. The van der Waals surface area contributed by atoms with E-state index in [0.717, 1.165) is 22.7 Å². The normalized spacial score (nSPS) is 17.9. The maximum Gasteiger partial charge on any atom is 0.333 e. The summed E-state index contributed by atoms with van der Waals surface area (Å²) in [5.41, 5.74) is 2.04. The summed E-state index contributed by atoms with van der Waals surface area (Å²) in [5, 5.41) is 18.7. The van der Waals surface area contributed by atoms with Gasteiger partial charge in [0.25, 0.3) is 0 Å². The van der Waals surface area contributed by atoms with Crippen molar-refractivity contribution < 1.29 is 19.4 Å². The lowest BCUT2D eigenvalue weighted by Gasteiger charge is -2.23. The molecule has 158 valence electrons. The fourth-order valence-corrected chi connectivity index (χ4v) is 3.19. The molecular weight excluding hydrogens is 382 g/mol. The predicted molar refractivity (Wildman–Crippen MR) is 113 cm³/mol. The molecule has 1 atom stereocenters. The molecule has 0 aromatic heterocycles. The molecule has 1 aromatic carbocycles. The molecule has 1 aliphatic heterocycles. The Kier molecular flexibility index (Phi) is 6.72. The summed E-state index contributed by atoms with van der Waals surface area (Å²) >= 11 is 0. The third kappa shape index (κ3) is 4.97. The van der Waals surface area contributed by atoms with Crippen molar-refractivity contribution in [2.75, 3.05) is 20.4 Å². The lowest BCUT2D eigenvalue weighted by molar-refractivity contribution is -0.139. The summed E-state index contributed by atoms with van der Waals surface area (Å²) in [7, 11) is 1.51. The van der Waals surface area contributed by atoms with Crippen molar-refractivity contribution in [3.8, 4) is 0 Å². The Morgan fingerprint density at radius 2 is 2.17 bits per heavy atom. The van der Waals surface area contributed by atoms with Gasteiger partial charge in [-0.25, -0.2) is 9.80 Å². The Hall–Kier alpha value is -3.35. The number of carbonyl (C=O) groups is 1. The van der Waals surface area contributed by atoms with Gasteiger partial charge in [0, 0.05) is 5.57 Å². The molecule has 1 N–H and O–H groups in total. The first-order chi connectivity index (χ1) is 14.4. The number of methoxy groups -OCH3 is 1. The van der Waals surface area contributed by atoms with Crippen LogP contribution >= 0.6 is 0 Å². The minimum absolute atomic E-state index is 0.00736. The fourth-order valence-electron chi connectivity index (χ4n) is 3.19. The molecule has 7 heteroatoms. The third-order valence-electron chi connectivity index (χ3n) is 4.84. The molecule has 3 rings (SSSR count). The molecule has 0 saturated carbocycles. The molecule has 7 nitrogen and oxygen atoms in total. The highest BCUT2D eigenvalue weighted by Gasteiger charge is 2.22. The smallest absolute Gasteiger partial charge is 0.333 e. The van der Waals surface area contributed by atoms with Crippen LogP contribution in [0.4, 0.5) is 0 Å². The average molecular weight is 409 g/mol. The summed E-state index contributed by atoms with van der Waals surface area (Å²) in [6, 6.07) is 5.89. The van der Waals surface area contributed by atoms with Crippen molar-refractivity contribution in [2.24, 2.45) is 16.0 Å². The number of ether oxygens (including phenoxy) is 2. The second-order valence-corrected chi connectivity index (χ2v) is 7.34. The topological polar surface area (TPSA) is 83.7 Å². The van der Waals surface area contributed by atoms with E-state index in [0.29, 0.717) is 36.7 Å². The Bertz CT molecular complexity index is 1050. The minimum atomic E-state index is -0.383. The first-order valence-electron chi connectivity index (χ1n) is 9.86. The Balaban J connectivity index is 1.80. The highest BCUT2D eigenvalue weighted by atomic mass is 16.5. The van der Waals surface area contributed by atoms with Crippen molar-refractivity contribution >= 4 is 5.97 Å². The highest BCUT2D eigenvalue weighted by molar-refractivity contribution is 5.86. The first kappa shape index (κ1) is 21.4. The number of allylic oxidation sites excluding steroid dienone is 3. The van der Waals surface area contributed by atoms with Gasteiger partial charge in [0.2, 0.25) is 0 Å². The van der Waals surface area contributed by atoms with Crippen LogP contribution in [0.1, 0.15) is 25.3 Å². The van der Waals surface area contributed by atoms with E-state index in [1.54, 1.807) is 18.0 Å². The molecule has 2 aliphatic rings. The number of rotatable bonds is 7. The van der Waals surface area contributed by atoms with E-state index in [2.05, 4.69) is 16.7 Å². The maximum atomic E-state index is 11.5. The van der Waals surface area contributed by atoms with Gasteiger partial charge in [-0.3, -0.25) is 4.99 Å². The van der Waals surface area contributed by atoms with Crippen LogP contribution in [0, 0.1) is 12.8 Å². The maximum absolute atomic E-state index is 11.5. The molecule has 30 heavy (non-hydrogen) atoms. The van der Waals surface area contributed by atoms with Crippen LogP contribution in [-0.4, -0.2) is 36.5 Å². The summed E-state index contributed by atoms with van der Waals surface area (Å²) in [5.74, 6) is 0.000953. The molecule has 1 heterocycles. The number of carbonyl (C=O) groups excluding carboxylic acids is 1. The SMILES string of the molecule is C=C(C)C(=O)OCCCC1C=CC(OC)=C(O)C(N2CN=c3cc(C)ccc3=N2)=C1. The average Bonchev–Trinajstić information content (AvgIpc) is 2.89. The number of hydrogen-bond donors (Lipinski definition) is 1. The van der Waals surface area contributed by atoms with Gasteiger partial charge in [-0.15, -0.1) is 0 Å². The summed E-state index contributed by atoms with van der Waals surface area (Å²) < 4.78 is 10.5. The van der Waals surface area contributed by atoms with E-state index in [1.165, 1.54) is 7.11 Å². The third-order valence-corrected chi connectivity index (χ3v) is 4.84. The van der Waals surface area contributed by atoms with Crippen LogP contribution in [0.5, 0.6) is 0 Å². The number of aliphatic hydroxyl groups excluding tert-OH is 1. The number of hydrogen-bond acceptors (Lipinski definition) is 7. The van der Waals surface area contributed by atoms with Crippen molar-refractivity contribution in [3.63, 3.8) is 0 Å². The Morgan fingerprint density at radius 1 is 1.37 bits per heavy atom. The van der Waals surface area contributed by atoms with Crippen molar-refractivity contribution in [2.45, 2.75) is 26.7 Å². The van der Waals surface area contributed by atoms with Gasteiger partial charge >= 0.3 is 5.97 Å². The van der Waals surface area contributed by atoms with Gasteiger partial charge < -0.3 is 14.6 Å². The summed E-state index contributed by atoms with van der Waals surface area (Å²) in [6.45, 7) is 7.82. The standard InChI is InChI=1S/C23H27N3O4/c1-15(2)23(28)30-11-5-6-17-8-10-21(29-4)22(27)20(13-17)26-14-24-19-12-16(3)7-9-18(19)25-26/h7-10,12-13,17,27H,1,5-6,11,14H2,2-4H3. The lowest BCUT2D eigenvalue weighted by Crippen LogP contribution is -2.36. The lowest BCUT2D eigenvalue weighted by atomic mass is 10.0. The fraction of sp³-hybridized carbons (Fsp3) is 0.348. The number of fused-ring (bicyclic) bond motifs is 1. The van der Waals surface area contributed by atoms with E-state index in [9.17, 15) is 9.90 Å². The molecule has 0 bridgehead atoms. The number of esters is 1. The molecule has 1 aromatic rings. The van der Waals surface area contributed by atoms with Gasteiger partial charge in [0.05, 0.1) is 19.1 Å². The zero-order valence-electron chi connectivity index (χ0n) is 17.6. The zero-order chi connectivity index (χ0) is 21.7. The van der Waals surface area contributed by atoms with Gasteiger partial charge in [0.1, 0.15) is 17.7 Å². The van der Waals surface area contributed by atoms with Crippen LogP contribution in [0.15, 0.2) is 75.9 Å². The van der Waals surface area contributed by atoms with Crippen LogP contribution in [-0.2, 0) is 14.3 Å². The molecule has 0 radical (unpaired) electrons. The van der Waals surface area contributed by atoms with Gasteiger partial charge in [-0.2, -0.15) is 5.10 Å². The predicted octanol–water partition coefficient (Wildman–Crippen LogP) is 2.81. The van der Waals surface area contributed by atoms with E-state index in [-0.39, 0.29) is 17.6 Å². The van der Waals surface area contributed by atoms with E-state index < -0.39 is 0 Å². The second-order valence-electron chi connectivity index (χ2n) is 7.34. The molecule has 0 amide bonds. The Morgan fingerprint density at radius 3 is 2.90 bits per heavy atom. The summed E-state index contributed by atoms with van der Waals surface area (Å²) in [4.78, 5) is 16.1. The minimum Gasteiger partial charge on any atom is -0.503 e. The molecule has 0 saturated heterocycles. The van der Waals surface area contributed by atoms with Crippen molar-refractivity contribution in [1.29, 1.82) is 0 Å². The molecule has 1 unspecified atom stereocenters. The molecule has 1 aliphatic carbocycles. The number of benzene rings is 1. The van der Waals surface area contributed by atoms with Gasteiger partial charge in [-0.1, -0.05) is 18.7 Å². The van der Waals surface area contributed by atoms with E-state index >= 15 is 0 Å². The van der Waals surface area contributed by atoms with E-state index in [4.69, 9.17) is 9.47 Å². The monoisotopic (exact) mass is 409 g/mol. The largest absolute Gasteiger partial charge is 0.503 e. The van der Waals surface area contributed by atoms with Gasteiger partial charge in [0.15, 0.2) is 11.5 Å². The molecular formula is C23H27N3O4. The highest BCUT2D eigenvalue weighted by Crippen LogP contribution is 2.27. The summed E-state index contributed by atoms with van der Waals surface area (Å²) in [6.07, 6.45) is 7.05. The van der Waals surface area contributed by atoms with Crippen LogP contribution in [0.2, 0.25) is 0 Å². The Labute approximate surface area is 176 Å². The number of aryl methyl sites for hydroxylation is 1. The van der Waals surface area contributed by atoms with Crippen LogP contribution in [0.3, 0.4) is 0 Å². The zero-order valence-corrected chi connectivity index (χ0v) is 17.6. The molecule has 0 fully saturated rings. The number of nitrogens with zero attached hydrogens (tertiary/aromatic N) is 3. The molecule has 0 spiro atoms. The van der Waals surface area contributed by atoms with Crippen LogP contribution < -0.4 is 10.7 Å². The van der Waals surface area contributed by atoms with Crippen molar-refractivity contribution in [3.05, 3.63) is 82.1 Å². The second kappa shape index (κ2) is 9.43. The van der Waals surface area contributed by atoms with Gasteiger partial charge in [-0.05, 0) is 62.5 Å². The number of aliphatic hydroxyl groups is 1. The van der Waals surface area contributed by atoms with Crippen molar-refractivity contribution in [1.82, 2.24) is 5.01 Å². The van der Waals surface area contributed by atoms with E-state index in [1.807, 2.05) is 37.3 Å². The first-order valence-corrected chi connectivity index (χ1v) is 9.86.